The predicted molar refractivity (Wildman–Crippen MR) is 55.5 cm³/mol. The lowest BCUT2D eigenvalue weighted by molar-refractivity contribution is -0.139. The summed E-state index contributed by atoms with van der Waals surface area (Å²) in [6.45, 7) is 6.84. The molecule has 0 radical (unpaired) electrons. The Morgan fingerprint density at radius 2 is 2.00 bits per heavy atom. The molecule has 0 unspecified atom stereocenters. The molecule has 5 heteroatoms. The largest absolute Gasteiger partial charge is 0.525 e. The van der Waals surface area contributed by atoms with Crippen molar-refractivity contribution < 1.29 is 18.8 Å². The summed E-state index contributed by atoms with van der Waals surface area (Å²) in [5.74, 6) is -0.588. The van der Waals surface area contributed by atoms with Crippen molar-refractivity contribution in [1.82, 2.24) is 0 Å². The molecule has 14 heavy (non-hydrogen) atoms. The number of rotatable bonds is 6. The summed E-state index contributed by atoms with van der Waals surface area (Å²) >= 11 is 0. The molecule has 0 aromatic carbocycles. The van der Waals surface area contributed by atoms with Gasteiger partial charge in [-0.15, -0.1) is 0 Å². The second-order valence-corrected chi connectivity index (χ2v) is 4.37. The van der Waals surface area contributed by atoms with Crippen molar-refractivity contribution in [2.24, 2.45) is 0 Å². The van der Waals surface area contributed by atoms with E-state index in [1.807, 2.05) is 0 Å². The first kappa shape index (κ1) is 12.9. The standard InChI is InChI=1S/C9H16O4Si/c1-7(2)9(11)12-5-4-6-14-13-8(3)10/h1,4-6,14H2,2-3H3. The van der Waals surface area contributed by atoms with Crippen LogP contribution in [0.3, 0.4) is 0 Å². The maximum Gasteiger partial charge on any atom is 0.333 e. The van der Waals surface area contributed by atoms with Gasteiger partial charge in [0.15, 0.2) is 0 Å². The third kappa shape index (κ3) is 7.54. The monoisotopic (exact) mass is 216 g/mol. The van der Waals surface area contributed by atoms with Gasteiger partial charge in [-0.2, -0.15) is 0 Å². The van der Waals surface area contributed by atoms with Gasteiger partial charge in [-0.1, -0.05) is 6.58 Å². The molecule has 0 N–H and O–H groups in total. The summed E-state index contributed by atoms with van der Waals surface area (Å²) in [5.41, 5.74) is 0.405. The van der Waals surface area contributed by atoms with Gasteiger partial charge in [-0.05, 0) is 19.4 Å². The fourth-order valence-electron chi connectivity index (χ4n) is 0.708. The molecule has 0 spiro atoms. The minimum atomic E-state index is -0.764. The lowest BCUT2D eigenvalue weighted by atomic mass is 10.4. The Balaban J connectivity index is 3.26. The third-order valence-corrected chi connectivity index (χ3v) is 2.82. The van der Waals surface area contributed by atoms with Gasteiger partial charge in [-0.25, -0.2) is 4.79 Å². The van der Waals surface area contributed by atoms with Crippen LogP contribution in [0.25, 0.3) is 0 Å². The van der Waals surface area contributed by atoms with Crippen molar-refractivity contribution >= 4 is 21.7 Å². The van der Waals surface area contributed by atoms with Crippen LogP contribution in [0.2, 0.25) is 6.04 Å². The Morgan fingerprint density at radius 1 is 1.36 bits per heavy atom. The molecule has 0 heterocycles. The zero-order valence-corrected chi connectivity index (χ0v) is 10.1. The number of esters is 1. The number of carbonyl (C=O) groups is 2. The van der Waals surface area contributed by atoms with Gasteiger partial charge in [0.1, 0.15) is 0 Å². The molecular formula is C9H16O4Si. The first-order valence-corrected chi connectivity index (χ1v) is 6.07. The smallest absolute Gasteiger partial charge is 0.333 e. The molecule has 0 rings (SSSR count). The first-order valence-electron chi connectivity index (χ1n) is 4.50. The van der Waals surface area contributed by atoms with E-state index in [1.54, 1.807) is 6.92 Å². The molecule has 0 saturated carbocycles. The van der Waals surface area contributed by atoms with E-state index in [0.717, 1.165) is 12.5 Å². The van der Waals surface area contributed by atoms with Crippen molar-refractivity contribution in [1.29, 1.82) is 0 Å². The third-order valence-electron chi connectivity index (χ3n) is 1.43. The van der Waals surface area contributed by atoms with Gasteiger partial charge in [0, 0.05) is 12.5 Å². The zero-order valence-electron chi connectivity index (χ0n) is 8.67. The Labute approximate surface area is 86.2 Å². The lowest BCUT2D eigenvalue weighted by Gasteiger charge is -2.03. The van der Waals surface area contributed by atoms with Crippen molar-refractivity contribution in [2.75, 3.05) is 6.61 Å². The van der Waals surface area contributed by atoms with Crippen LogP contribution in [-0.2, 0) is 18.8 Å². The van der Waals surface area contributed by atoms with Gasteiger partial charge >= 0.3 is 5.97 Å². The average molecular weight is 216 g/mol. The summed E-state index contributed by atoms with van der Waals surface area (Å²) in [6.07, 6.45) is 0.749. The molecular weight excluding hydrogens is 200 g/mol. The van der Waals surface area contributed by atoms with Gasteiger partial charge in [0.25, 0.3) is 5.97 Å². The Morgan fingerprint density at radius 3 is 2.50 bits per heavy atom. The summed E-state index contributed by atoms with van der Waals surface area (Å²) in [4.78, 5) is 21.3. The van der Waals surface area contributed by atoms with Crippen molar-refractivity contribution in [3.05, 3.63) is 12.2 Å². The Hall–Kier alpha value is -1.10. The number of hydrogen-bond acceptors (Lipinski definition) is 4. The minimum Gasteiger partial charge on any atom is -0.525 e. The van der Waals surface area contributed by atoms with E-state index in [9.17, 15) is 9.59 Å². The summed E-state index contributed by atoms with van der Waals surface area (Å²) in [7, 11) is -0.764. The highest BCUT2D eigenvalue weighted by Gasteiger charge is 2.02. The second kappa shape index (κ2) is 7.31. The van der Waals surface area contributed by atoms with Crippen LogP contribution in [-0.4, -0.2) is 28.3 Å². The molecule has 0 saturated heterocycles. The highest BCUT2D eigenvalue weighted by Crippen LogP contribution is 1.96. The molecule has 0 aliphatic rings. The SMILES string of the molecule is C=C(C)C(=O)OCCC[SiH2]OC(C)=O. The fourth-order valence-corrected chi connectivity index (χ4v) is 1.55. The van der Waals surface area contributed by atoms with Crippen LogP contribution in [0.5, 0.6) is 0 Å². The highest BCUT2D eigenvalue weighted by molar-refractivity contribution is 6.30. The van der Waals surface area contributed by atoms with Gasteiger partial charge in [-0.3, -0.25) is 4.79 Å². The molecule has 0 aromatic rings. The molecule has 0 aliphatic heterocycles. The van der Waals surface area contributed by atoms with E-state index in [0.29, 0.717) is 12.2 Å². The Kier molecular flexibility index (Phi) is 6.74. The Bertz CT molecular complexity index is 225. The van der Waals surface area contributed by atoms with Gasteiger partial charge in [0.05, 0.1) is 6.61 Å². The molecule has 0 atom stereocenters. The van der Waals surface area contributed by atoms with Crippen LogP contribution in [0.15, 0.2) is 12.2 Å². The zero-order chi connectivity index (χ0) is 11.0. The van der Waals surface area contributed by atoms with Crippen LogP contribution >= 0.6 is 0 Å². The van der Waals surface area contributed by atoms with E-state index in [1.165, 1.54) is 6.92 Å². The molecule has 4 nitrogen and oxygen atoms in total. The van der Waals surface area contributed by atoms with Crippen molar-refractivity contribution in [3.63, 3.8) is 0 Å². The molecule has 80 valence electrons. The van der Waals surface area contributed by atoms with Crippen molar-refractivity contribution in [2.45, 2.75) is 26.3 Å². The predicted octanol–water partition coefficient (Wildman–Crippen LogP) is 0.561. The topological polar surface area (TPSA) is 52.6 Å². The molecule has 0 amide bonds. The van der Waals surface area contributed by atoms with Gasteiger partial charge < -0.3 is 9.16 Å². The normalized spacial score (nSPS) is 10.1. The maximum absolute atomic E-state index is 10.9. The number of ether oxygens (including phenoxy) is 1. The van der Waals surface area contributed by atoms with Crippen molar-refractivity contribution in [3.8, 4) is 0 Å². The van der Waals surface area contributed by atoms with E-state index in [4.69, 9.17) is 9.16 Å². The number of carbonyl (C=O) groups excluding carboxylic acids is 2. The fraction of sp³-hybridized carbons (Fsp3) is 0.556. The number of hydrogen-bond donors (Lipinski definition) is 0. The van der Waals surface area contributed by atoms with Crippen LogP contribution in [0, 0.1) is 0 Å². The van der Waals surface area contributed by atoms with Crippen LogP contribution < -0.4 is 0 Å². The summed E-state index contributed by atoms with van der Waals surface area (Å²) in [5, 5.41) is 0. The second-order valence-electron chi connectivity index (χ2n) is 2.96. The van der Waals surface area contributed by atoms with Crippen LogP contribution in [0.4, 0.5) is 0 Å². The average Bonchev–Trinajstić information content (AvgIpc) is 2.09. The van der Waals surface area contributed by atoms with Crippen LogP contribution in [0.1, 0.15) is 20.3 Å². The minimum absolute atomic E-state index is 0.226. The van der Waals surface area contributed by atoms with E-state index >= 15 is 0 Å². The molecule has 0 aromatic heterocycles. The molecule has 0 bridgehead atoms. The quantitative estimate of drug-likeness (QED) is 0.282. The van der Waals surface area contributed by atoms with Gasteiger partial charge in [0.2, 0.25) is 9.76 Å². The summed E-state index contributed by atoms with van der Waals surface area (Å²) < 4.78 is 9.69. The molecule has 0 fully saturated rings. The summed E-state index contributed by atoms with van der Waals surface area (Å²) in [6, 6.07) is 0.836. The lowest BCUT2D eigenvalue weighted by Crippen LogP contribution is -2.08. The van der Waals surface area contributed by atoms with E-state index < -0.39 is 9.76 Å². The van der Waals surface area contributed by atoms with E-state index in [2.05, 4.69) is 6.58 Å². The highest BCUT2D eigenvalue weighted by atomic mass is 28.2. The van der Waals surface area contributed by atoms with E-state index in [-0.39, 0.29) is 11.9 Å². The molecule has 0 aliphatic carbocycles. The first-order chi connectivity index (χ1) is 6.54. The maximum atomic E-state index is 10.9.